The molecule has 0 aliphatic carbocycles. The molecule has 1 aliphatic heterocycles. The average molecular weight is 449 g/mol. The first-order chi connectivity index (χ1) is 14.3. The number of nitrogens with one attached hydrogen (secondary N) is 2. The van der Waals surface area contributed by atoms with Crippen molar-refractivity contribution in [1.29, 1.82) is 0 Å². The summed E-state index contributed by atoms with van der Waals surface area (Å²) < 4.78 is 59.1. The third-order valence-electron chi connectivity index (χ3n) is 4.64. The van der Waals surface area contributed by atoms with Gasteiger partial charge in [-0.2, -0.15) is 13.2 Å². The summed E-state index contributed by atoms with van der Waals surface area (Å²) in [6.07, 6.45) is -6.14. The van der Waals surface area contributed by atoms with E-state index < -0.39 is 30.9 Å². The Morgan fingerprint density at radius 1 is 1.40 bits per heavy atom. The maximum absolute atomic E-state index is 14.0. The number of halogens is 4. The van der Waals surface area contributed by atoms with Crippen molar-refractivity contribution < 1.29 is 32.2 Å². The van der Waals surface area contributed by atoms with E-state index in [9.17, 15) is 22.7 Å². The van der Waals surface area contributed by atoms with Crippen molar-refractivity contribution in [3.05, 3.63) is 28.6 Å². The molecule has 1 aromatic carbocycles. The summed E-state index contributed by atoms with van der Waals surface area (Å²) in [6.45, 7) is 0.410. The minimum absolute atomic E-state index is 0.0761. The van der Waals surface area contributed by atoms with Gasteiger partial charge in [0.25, 0.3) is 0 Å². The third kappa shape index (κ3) is 5.60. The number of aliphatic hydroxyl groups excluding tert-OH is 1. The molecule has 6 nitrogen and oxygen atoms in total. The SMILES string of the molecule is COCC(CO)O/N=C/c1sc2c(N[C@@H]3CNC[C@@H]3F)cccc2c1CC(F)(F)F. The van der Waals surface area contributed by atoms with Crippen LogP contribution in [0.4, 0.5) is 23.2 Å². The molecular formula is C19H23F4N3O3S. The standard InChI is InChI=1S/C19H23F4N3O3S/c1-28-10-11(9-27)29-25-8-17-13(5-19(21,22)23)12-3-2-4-15(18(12)30-17)26-16-7-24-6-14(16)20/h2-4,8,11,14,16,24,26-27H,5-7,9-10H2,1H3/b25-8+/t11?,14-,16+/m0/s1. The van der Waals surface area contributed by atoms with Gasteiger partial charge in [0.1, 0.15) is 6.17 Å². The van der Waals surface area contributed by atoms with Crippen LogP contribution >= 0.6 is 11.3 Å². The van der Waals surface area contributed by atoms with Crippen LogP contribution in [0.1, 0.15) is 10.4 Å². The molecular weight excluding hydrogens is 426 g/mol. The van der Waals surface area contributed by atoms with E-state index >= 15 is 0 Å². The lowest BCUT2D eigenvalue weighted by molar-refractivity contribution is -0.126. The van der Waals surface area contributed by atoms with Crippen LogP contribution in [0.25, 0.3) is 10.1 Å². The summed E-state index contributed by atoms with van der Waals surface area (Å²) in [5.41, 5.74) is 0.651. The molecule has 1 aliphatic rings. The number of aliphatic hydroxyl groups is 1. The van der Waals surface area contributed by atoms with E-state index in [1.807, 2.05) is 0 Å². The van der Waals surface area contributed by atoms with Crippen molar-refractivity contribution in [3.63, 3.8) is 0 Å². The molecule has 166 valence electrons. The van der Waals surface area contributed by atoms with Gasteiger partial charge >= 0.3 is 6.18 Å². The number of rotatable bonds is 9. The highest BCUT2D eigenvalue weighted by Gasteiger charge is 2.32. The van der Waals surface area contributed by atoms with Crippen LogP contribution < -0.4 is 10.6 Å². The van der Waals surface area contributed by atoms with Gasteiger partial charge in [-0.1, -0.05) is 17.3 Å². The molecule has 11 heteroatoms. The van der Waals surface area contributed by atoms with Gasteiger partial charge in [0, 0.05) is 20.2 Å². The van der Waals surface area contributed by atoms with E-state index in [1.54, 1.807) is 18.2 Å². The second-order valence-electron chi connectivity index (χ2n) is 6.94. The van der Waals surface area contributed by atoms with Crippen molar-refractivity contribution in [2.24, 2.45) is 5.16 Å². The zero-order valence-electron chi connectivity index (χ0n) is 16.2. The Balaban J connectivity index is 1.93. The van der Waals surface area contributed by atoms with Crippen LogP contribution in [-0.4, -0.2) is 69.2 Å². The van der Waals surface area contributed by atoms with E-state index in [2.05, 4.69) is 15.8 Å². The minimum atomic E-state index is -4.41. The number of benzene rings is 1. The Morgan fingerprint density at radius 2 is 2.20 bits per heavy atom. The van der Waals surface area contributed by atoms with Gasteiger partial charge in [0.05, 0.1) is 47.2 Å². The Morgan fingerprint density at radius 3 is 2.83 bits per heavy atom. The predicted octanol–water partition coefficient (Wildman–Crippen LogP) is 3.09. The van der Waals surface area contributed by atoms with Gasteiger partial charge in [-0.3, -0.25) is 0 Å². The summed E-state index contributed by atoms with van der Waals surface area (Å²) in [7, 11) is 1.43. The Hall–Kier alpha value is -1.95. The first-order valence-electron chi connectivity index (χ1n) is 9.33. The van der Waals surface area contributed by atoms with Gasteiger partial charge in [0.2, 0.25) is 0 Å². The lowest BCUT2D eigenvalue weighted by Gasteiger charge is -2.16. The molecule has 2 aromatic rings. The van der Waals surface area contributed by atoms with Crippen LogP contribution in [-0.2, 0) is 16.0 Å². The van der Waals surface area contributed by atoms with Crippen LogP contribution in [0, 0.1) is 0 Å². The lowest BCUT2D eigenvalue weighted by atomic mass is 10.1. The molecule has 2 heterocycles. The molecule has 0 amide bonds. The topological polar surface area (TPSA) is 75.1 Å². The number of methoxy groups -OCH3 is 1. The Kier molecular flexibility index (Phi) is 7.50. The molecule has 3 N–H and O–H groups in total. The molecule has 1 aromatic heterocycles. The molecule has 3 rings (SSSR count). The number of thiophene rings is 1. The third-order valence-corrected chi connectivity index (χ3v) is 5.86. The Labute approximate surface area is 174 Å². The monoisotopic (exact) mass is 449 g/mol. The highest BCUT2D eigenvalue weighted by molar-refractivity contribution is 7.21. The first-order valence-corrected chi connectivity index (χ1v) is 10.2. The largest absolute Gasteiger partial charge is 0.393 e. The molecule has 3 atom stereocenters. The van der Waals surface area contributed by atoms with Gasteiger partial charge < -0.3 is 25.3 Å². The second-order valence-corrected chi connectivity index (χ2v) is 8.00. The van der Waals surface area contributed by atoms with E-state index in [4.69, 9.17) is 9.57 Å². The molecule has 1 unspecified atom stereocenters. The zero-order valence-corrected chi connectivity index (χ0v) is 17.0. The van der Waals surface area contributed by atoms with Gasteiger partial charge in [-0.05, 0) is 17.0 Å². The maximum Gasteiger partial charge on any atom is 0.393 e. The van der Waals surface area contributed by atoms with Crippen molar-refractivity contribution in [2.45, 2.75) is 30.9 Å². The van der Waals surface area contributed by atoms with E-state index in [0.717, 1.165) is 11.3 Å². The summed E-state index contributed by atoms with van der Waals surface area (Å²) >= 11 is 1.12. The fourth-order valence-corrected chi connectivity index (χ4v) is 4.40. The number of hydrogen-bond donors (Lipinski definition) is 3. The first kappa shape index (κ1) is 22.7. The number of nitrogens with zero attached hydrogens (tertiary/aromatic N) is 1. The molecule has 30 heavy (non-hydrogen) atoms. The average Bonchev–Trinajstić information content (AvgIpc) is 3.24. The van der Waals surface area contributed by atoms with Crippen molar-refractivity contribution in [1.82, 2.24) is 5.32 Å². The number of anilines is 1. The minimum Gasteiger partial charge on any atom is -0.392 e. The second kappa shape index (κ2) is 9.90. The highest BCUT2D eigenvalue weighted by atomic mass is 32.1. The smallest absolute Gasteiger partial charge is 0.392 e. The molecule has 1 fully saturated rings. The quantitative estimate of drug-likeness (QED) is 0.312. The summed E-state index contributed by atoms with van der Waals surface area (Å²) in [4.78, 5) is 5.40. The number of oxime groups is 1. The van der Waals surface area contributed by atoms with Gasteiger partial charge in [-0.15, -0.1) is 11.3 Å². The number of ether oxygens (including phenoxy) is 1. The van der Waals surface area contributed by atoms with Gasteiger partial charge in [-0.25, -0.2) is 4.39 Å². The van der Waals surface area contributed by atoms with Crippen LogP contribution in [0.5, 0.6) is 0 Å². The van der Waals surface area contributed by atoms with Gasteiger partial charge in [0.15, 0.2) is 6.10 Å². The summed E-state index contributed by atoms with van der Waals surface area (Å²) in [5.74, 6) is 0. The van der Waals surface area contributed by atoms with Crippen molar-refractivity contribution >= 4 is 33.3 Å². The van der Waals surface area contributed by atoms with E-state index in [-0.39, 0.29) is 30.2 Å². The molecule has 1 saturated heterocycles. The molecule has 0 saturated carbocycles. The van der Waals surface area contributed by atoms with Crippen LogP contribution in [0.15, 0.2) is 23.4 Å². The predicted molar refractivity (Wildman–Crippen MR) is 108 cm³/mol. The lowest BCUT2D eigenvalue weighted by Crippen LogP contribution is -2.29. The zero-order chi connectivity index (χ0) is 21.7. The fourth-order valence-electron chi connectivity index (χ4n) is 3.24. The van der Waals surface area contributed by atoms with Crippen LogP contribution in [0.2, 0.25) is 0 Å². The number of fused-ring (bicyclic) bond motifs is 1. The molecule has 0 bridgehead atoms. The number of hydrogen-bond acceptors (Lipinski definition) is 7. The highest BCUT2D eigenvalue weighted by Crippen LogP contribution is 2.39. The summed E-state index contributed by atoms with van der Waals surface area (Å²) in [6, 6.07) is 4.52. The summed E-state index contributed by atoms with van der Waals surface area (Å²) in [5, 5.41) is 19.4. The van der Waals surface area contributed by atoms with Crippen molar-refractivity contribution in [2.75, 3.05) is 38.7 Å². The molecule has 0 spiro atoms. The maximum atomic E-state index is 14.0. The molecule has 0 radical (unpaired) electrons. The van der Waals surface area contributed by atoms with Crippen LogP contribution in [0.3, 0.4) is 0 Å². The van der Waals surface area contributed by atoms with Crippen molar-refractivity contribution in [3.8, 4) is 0 Å². The fraction of sp³-hybridized carbons (Fsp3) is 0.526. The number of alkyl halides is 4. The van der Waals surface area contributed by atoms with E-state index in [1.165, 1.54) is 13.3 Å². The normalized spacial score (nSPS) is 20.9. The Bertz CT molecular complexity index is 875. The van der Waals surface area contributed by atoms with E-state index in [0.29, 0.717) is 22.3 Å².